The quantitative estimate of drug-likeness (QED) is 0.668. The van der Waals surface area contributed by atoms with Crippen LogP contribution in [0.1, 0.15) is 36.5 Å². The lowest BCUT2D eigenvalue weighted by molar-refractivity contribution is 0.101. The van der Waals surface area contributed by atoms with E-state index in [1.54, 1.807) is 12.1 Å². The lowest BCUT2D eigenvalue weighted by atomic mass is 10.0. The number of carbonyl (C=O) groups is 1. The summed E-state index contributed by atoms with van der Waals surface area (Å²) in [5, 5.41) is 0. The predicted octanol–water partition coefficient (Wildman–Crippen LogP) is 2.33. The first-order valence-electron chi connectivity index (χ1n) is 6.81. The molecule has 2 rings (SSSR count). The average Bonchev–Trinajstić information content (AvgIpc) is 2.39. The second kappa shape index (κ2) is 6.06. The standard InChI is InChI=1S/C15H22N2O2/c1-11(18)14-9-13(6-7-15(14)16)19-10-12-5-3-4-8-17(12)2/h6-7,9,12H,3-5,8,10,16H2,1-2H3. The highest BCUT2D eigenvalue weighted by Crippen LogP contribution is 2.22. The van der Waals surface area contributed by atoms with Crippen LogP contribution in [-0.4, -0.2) is 36.9 Å². The molecule has 0 saturated carbocycles. The molecule has 19 heavy (non-hydrogen) atoms. The molecule has 4 nitrogen and oxygen atoms in total. The van der Waals surface area contributed by atoms with Gasteiger partial charge in [0.25, 0.3) is 0 Å². The third kappa shape index (κ3) is 3.47. The summed E-state index contributed by atoms with van der Waals surface area (Å²) in [6, 6.07) is 5.76. The summed E-state index contributed by atoms with van der Waals surface area (Å²) in [5.74, 6) is 0.691. The van der Waals surface area contributed by atoms with Crippen molar-refractivity contribution in [2.45, 2.75) is 32.2 Å². The van der Waals surface area contributed by atoms with Gasteiger partial charge in [0, 0.05) is 17.3 Å². The van der Waals surface area contributed by atoms with E-state index in [-0.39, 0.29) is 5.78 Å². The number of ether oxygens (including phenoxy) is 1. The fourth-order valence-electron chi connectivity index (χ4n) is 2.48. The number of rotatable bonds is 4. The molecule has 0 bridgehead atoms. The molecular weight excluding hydrogens is 240 g/mol. The molecule has 0 aliphatic carbocycles. The number of nitrogen functional groups attached to an aromatic ring is 1. The number of hydrogen-bond donors (Lipinski definition) is 1. The second-order valence-electron chi connectivity index (χ2n) is 5.25. The summed E-state index contributed by atoms with van der Waals surface area (Å²) in [6.45, 7) is 3.32. The molecule has 104 valence electrons. The molecule has 1 aromatic carbocycles. The van der Waals surface area contributed by atoms with E-state index in [4.69, 9.17) is 10.5 Å². The highest BCUT2D eigenvalue weighted by molar-refractivity contribution is 5.99. The number of benzene rings is 1. The maximum absolute atomic E-state index is 11.4. The summed E-state index contributed by atoms with van der Waals surface area (Å²) >= 11 is 0. The zero-order valence-corrected chi connectivity index (χ0v) is 11.7. The topological polar surface area (TPSA) is 55.6 Å². The van der Waals surface area contributed by atoms with Gasteiger partial charge in [-0.3, -0.25) is 4.79 Å². The number of hydrogen-bond acceptors (Lipinski definition) is 4. The van der Waals surface area contributed by atoms with E-state index in [1.807, 2.05) is 6.07 Å². The molecule has 1 aliphatic rings. The molecule has 1 fully saturated rings. The van der Waals surface area contributed by atoms with Gasteiger partial charge in [-0.15, -0.1) is 0 Å². The van der Waals surface area contributed by atoms with E-state index in [9.17, 15) is 4.79 Å². The van der Waals surface area contributed by atoms with Crippen molar-refractivity contribution in [2.75, 3.05) is 25.9 Å². The number of ketones is 1. The zero-order chi connectivity index (χ0) is 13.8. The van der Waals surface area contributed by atoms with Crippen LogP contribution in [0.3, 0.4) is 0 Å². The molecule has 2 N–H and O–H groups in total. The van der Waals surface area contributed by atoms with Gasteiger partial charge in [0.2, 0.25) is 0 Å². The van der Waals surface area contributed by atoms with Crippen LogP contribution in [0, 0.1) is 0 Å². The summed E-state index contributed by atoms with van der Waals surface area (Å²) in [7, 11) is 2.14. The summed E-state index contributed by atoms with van der Waals surface area (Å²) < 4.78 is 5.81. The first kappa shape index (κ1) is 13.9. The Morgan fingerprint density at radius 2 is 2.26 bits per heavy atom. The maximum atomic E-state index is 11.4. The van der Waals surface area contributed by atoms with E-state index in [0.29, 0.717) is 23.9 Å². The minimum atomic E-state index is -0.0299. The van der Waals surface area contributed by atoms with Crippen molar-refractivity contribution in [1.29, 1.82) is 0 Å². The van der Waals surface area contributed by atoms with Crippen LogP contribution in [0.4, 0.5) is 5.69 Å². The molecule has 0 amide bonds. The molecule has 0 radical (unpaired) electrons. The monoisotopic (exact) mass is 262 g/mol. The van der Waals surface area contributed by atoms with Crippen molar-refractivity contribution in [2.24, 2.45) is 0 Å². The Labute approximate surface area is 114 Å². The smallest absolute Gasteiger partial charge is 0.162 e. The highest BCUT2D eigenvalue weighted by Gasteiger charge is 2.19. The van der Waals surface area contributed by atoms with Gasteiger partial charge in [0.1, 0.15) is 12.4 Å². The molecular formula is C15H22N2O2. The third-order valence-electron chi connectivity index (χ3n) is 3.77. The number of anilines is 1. The van der Waals surface area contributed by atoms with Crippen LogP contribution in [-0.2, 0) is 0 Å². The van der Waals surface area contributed by atoms with Gasteiger partial charge >= 0.3 is 0 Å². The highest BCUT2D eigenvalue weighted by atomic mass is 16.5. The predicted molar refractivity (Wildman–Crippen MR) is 76.6 cm³/mol. The molecule has 1 aromatic rings. The van der Waals surface area contributed by atoms with Gasteiger partial charge in [-0.25, -0.2) is 0 Å². The molecule has 0 aromatic heterocycles. The molecule has 1 unspecified atom stereocenters. The lowest BCUT2D eigenvalue weighted by Gasteiger charge is -2.32. The largest absolute Gasteiger partial charge is 0.492 e. The van der Waals surface area contributed by atoms with Crippen molar-refractivity contribution in [3.05, 3.63) is 23.8 Å². The Bertz CT molecular complexity index is 459. The van der Waals surface area contributed by atoms with Crippen molar-refractivity contribution in [3.8, 4) is 5.75 Å². The number of carbonyl (C=O) groups excluding carboxylic acids is 1. The van der Waals surface area contributed by atoms with Gasteiger partial charge in [0.05, 0.1) is 0 Å². The average molecular weight is 262 g/mol. The third-order valence-corrected chi connectivity index (χ3v) is 3.77. The van der Waals surface area contributed by atoms with Crippen LogP contribution in [0.2, 0.25) is 0 Å². The number of Topliss-reactive ketones (excluding diaryl/α,β-unsaturated/α-hetero) is 1. The molecule has 1 saturated heterocycles. The van der Waals surface area contributed by atoms with E-state index in [0.717, 1.165) is 12.3 Å². The molecule has 0 spiro atoms. The van der Waals surface area contributed by atoms with Crippen LogP contribution in [0.5, 0.6) is 5.75 Å². The Hall–Kier alpha value is -1.55. The van der Waals surface area contributed by atoms with E-state index in [2.05, 4.69) is 11.9 Å². The minimum Gasteiger partial charge on any atom is -0.492 e. The van der Waals surface area contributed by atoms with E-state index in [1.165, 1.54) is 26.2 Å². The minimum absolute atomic E-state index is 0.0299. The summed E-state index contributed by atoms with van der Waals surface area (Å²) in [4.78, 5) is 13.8. The molecule has 1 atom stereocenters. The lowest BCUT2D eigenvalue weighted by Crippen LogP contribution is -2.40. The molecule has 4 heteroatoms. The van der Waals surface area contributed by atoms with Crippen molar-refractivity contribution in [1.82, 2.24) is 4.90 Å². The van der Waals surface area contributed by atoms with E-state index >= 15 is 0 Å². The van der Waals surface area contributed by atoms with E-state index < -0.39 is 0 Å². The van der Waals surface area contributed by atoms with Crippen molar-refractivity contribution in [3.63, 3.8) is 0 Å². The van der Waals surface area contributed by atoms with Gasteiger partial charge < -0.3 is 15.4 Å². The molecule has 1 heterocycles. The number of piperidine rings is 1. The van der Waals surface area contributed by atoms with Gasteiger partial charge in [0.15, 0.2) is 5.78 Å². The fourth-order valence-corrected chi connectivity index (χ4v) is 2.48. The van der Waals surface area contributed by atoms with Crippen LogP contribution < -0.4 is 10.5 Å². The second-order valence-corrected chi connectivity index (χ2v) is 5.25. The number of likely N-dealkylation sites (N-methyl/N-ethyl adjacent to an activating group) is 1. The maximum Gasteiger partial charge on any atom is 0.162 e. The normalized spacial score (nSPS) is 20.2. The first-order valence-corrected chi connectivity index (χ1v) is 6.81. The molecule has 1 aliphatic heterocycles. The fraction of sp³-hybridized carbons (Fsp3) is 0.533. The van der Waals surface area contributed by atoms with Crippen molar-refractivity contribution >= 4 is 11.5 Å². The summed E-state index contributed by atoms with van der Waals surface area (Å²) in [6.07, 6.45) is 3.70. The number of nitrogens with two attached hydrogens (primary N) is 1. The SMILES string of the molecule is CC(=O)c1cc(OCC2CCCCN2C)ccc1N. The Balaban J connectivity index is 1.99. The Kier molecular flexibility index (Phi) is 4.43. The van der Waals surface area contributed by atoms with Gasteiger partial charge in [-0.2, -0.15) is 0 Å². The number of likely N-dealkylation sites (tertiary alicyclic amines) is 1. The number of nitrogens with zero attached hydrogens (tertiary/aromatic N) is 1. The van der Waals surface area contributed by atoms with Gasteiger partial charge in [-0.05, 0) is 51.6 Å². The van der Waals surface area contributed by atoms with Crippen LogP contribution in [0.25, 0.3) is 0 Å². The van der Waals surface area contributed by atoms with Crippen molar-refractivity contribution < 1.29 is 9.53 Å². The van der Waals surface area contributed by atoms with Gasteiger partial charge in [-0.1, -0.05) is 6.42 Å². The Morgan fingerprint density at radius 1 is 1.47 bits per heavy atom. The van der Waals surface area contributed by atoms with Crippen LogP contribution in [0.15, 0.2) is 18.2 Å². The zero-order valence-electron chi connectivity index (χ0n) is 11.7. The first-order chi connectivity index (χ1) is 9.08. The van der Waals surface area contributed by atoms with Crippen LogP contribution >= 0.6 is 0 Å². The summed E-state index contributed by atoms with van der Waals surface area (Å²) in [5.41, 5.74) is 6.81. The Morgan fingerprint density at radius 3 is 2.95 bits per heavy atom.